The molecular weight excluding hydrogens is 289 g/mol. The molecule has 0 saturated heterocycles. The van der Waals surface area contributed by atoms with E-state index in [0.29, 0.717) is 0 Å². The van der Waals surface area contributed by atoms with Crippen LogP contribution in [-0.2, 0) is 14.6 Å². The molecule has 0 bridgehead atoms. The number of nitrogens with one attached hydrogen (secondary N) is 1. The Labute approximate surface area is 115 Å². The van der Waals surface area contributed by atoms with Gasteiger partial charge in [0.25, 0.3) is 0 Å². The Kier molecular flexibility index (Phi) is 4.18. The average Bonchev–Trinajstić information content (AvgIpc) is 2.29. The predicted molar refractivity (Wildman–Crippen MR) is 70.9 cm³/mol. The van der Waals surface area contributed by atoms with E-state index in [1.807, 2.05) is 0 Å². The van der Waals surface area contributed by atoms with Gasteiger partial charge in [0.2, 0.25) is 5.91 Å². The molecule has 1 rings (SSSR count). The van der Waals surface area contributed by atoms with E-state index >= 15 is 0 Å². The first kappa shape index (κ1) is 16.1. The molecule has 0 atom stereocenters. The fourth-order valence-electron chi connectivity index (χ4n) is 1.22. The van der Waals surface area contributed by atoms with Gasteiger partial charge in [0.1, 0.15) is 10.6 Å². The highest BCUT2D eigenvalue weighted by Gasteiger charge is 2.38. The minimum atomic E-state index is -3.66. The lowest BCUT2D eigenvalue weighted by Crippen LogP contribution is -2.43. The first-order valence-electron chi connectivity index (χ1n) is 5.50. The van der Waals surface area contributed by atoms with Crippen molar-refractivity contribution in [1.29, 1.82) is 0 Å². The number of amides is 1. The van der Waals surface area contributed by atoms with Gasteiger partial charge in [-0.15, -0.1) is 0 Å². The van der Waals surface area contributed by atoms with Gasteiger partial charge in [-0.05, 0) is 32.0 Å². The molecule has 0 spiro atoms. The van der Waals surface area contributed by atoms with Gasteiger partial charge in [-0.2, -0.15) is 0 Å². The number of anilines is 1. The average molecular weight is 303 g/mol. The highest BCUT2D eigenvalue weighted by Crippen LogP contribution is 2.20. The first-order chi connectivity index (χ1) is 8.96. The predicted octanol–water partition coefficient (Wildman–Crippen LogP) is 1.29. The summed E-state index contributed by atoms with van der Waals surface area (Å²) in [5, 5.41) is 11.0. The fourth-order valence-corrected chi connectivity index (χ4v) is 1.60. The Balaban J connectivity index is 3.09. The molecule has 20 heavy (non-hydrogen) atoms. The van der Waals surface area contributed by atoms with E-state index in [2.05, 4.69) is 5.32 Å². The van der Waals surface area contributed by atoms with Crippen LogP contribution in [0.4, 0.5) is 10.1 Å². The molecule has 0 radical (unpaired) electrons. The molecule has 0 aliphatic heterocycles. The van der Waals surface area contributed by atoms with Crippen molar-refractivity contribution in [2.75, 3.05) is 11.6 Å². The second-order valence-corrected chi connectivity index (χ2v) is 7.30. The molecule has 1 amide bonds. The third kappa shape index (κ3) is 3.13. The lowest BCUT2D eigenvalue weighted by molar-refractivity contribution is -0.117. The van der Waals surface area contributed by atoms with Crippen LogP contribution in [0.1, 0.15) is 24.2 Å². The van der Waals surface area contributed by atoms with E-state index in [1.165, 1.54) is 13.8 Å². The molecule has 2 N–H and O–H groups in total. The highest BCUT2D eigenvalue weighted by atomic mass is 32.2. The van der Waals surface area contributed by atoms with Crippen LogP contribution < -0.4 is 5.32 Å². The number of carboxylic acids is 1. The van der Waals surface area contributed by atoms with Gasteiger partial charge >= 0.3 is 5.97 Å². The number of benzene rings is 1. The van der Waals surface area contributed by atoms with Gasteiger partial charge in [-0.3, -0.25) is 4.79 Å². The van der Waals surface area contributed by atoms with Crippen molar-refractivity contribution in [3.05, 3.63) is 29.6 Å². The lowest BCUT2D eigenvalue weighted by Gasteiger charge is -2.21. The molecular formula is C12H14FNO5S. The van der Waals surface area contributed by atoms with Crippen LogP contribution >= 0.6 is 0 Å². The number of halogens is 1. The van der Waals surface area contributed by atoms with E-state index in [1.54, 1.807) is 0 Å². The first-order valence-corrected chi connectivity index (χ1v) is 7.40. The van der Waals surface area contributed by atoms with Crippen LogP contribution in [0, 0.1) is 5.82 Å². The number of hydrogen-bond acceptors (Lipinski definition) is 4. The second kappa shape index (κ2) is 5.20. The van der Waals surface area contributed by atoms with E-state index in [-0.39, 0.29) is 5.69 Å². The summed E-state index contributed by atoms with van der Waals surface area (Å²) in [7, 11) is -3.66. The van der Waals surface area contributed by atoms with Gasteiger partial charge < -0.3 is 10.4 Å². The van der Waals surface area contributed by atoms with Crippen LogP contribution in [0.25, 0.3) is 0 Å². The molecule has 0 aliphatic carbocycles. The molecule has 6 nitrogen and oxygen atoms in total. The number of rotatable bonds is 4. The quantitative estimate of drug-likeness (QED) is 0.872. The normalized spacial score (nSPS) is 12.0. The maximum Gasteiger partial charge on any atom is 0.338 e. The summed E-state index contributed by atoms with van der Waals surface area (Å²) in [5.41, 5.74) is -0.606. The van der Waals surface area contributed by atoms with Crippen LogP contribution in [0.15, 0.2) is 18.2 Å². The van der Waals surface area contributed by atoms with Crippen molar-refractivity contribution < 1.29 is 27.5 Å². The Morgan fingerprint density at radius 3 is 2.30 bits per heavy atom. The Hall–Kier alpha value is -1.96. The van der Waals surface area contributed by atoms with Crippen LogP contribution in [0.2, 0.25) is 0 Å². The van der Waals surface area contributed by atoms with Gasteiger partial charge in [-0.25, -0.2) is 17.6 Å². The summed E-state index contributed by atoms with van der Waals surface area (Å²) in [4.78, 5) is 22.7. The largest absolute Gasteiger partial charge is 0.478 e. The van der Waals surface area contributed by atoms with E-state index in [9.17, 15) is 22.4 Å². The minimum Gasteiger partial charge on any atom is -0.478 e. The summed E-state index contributed by atoms with van der Waals surface area (Å²) in [6.45, 7) is 2.44. The summed E-state index contributed by atoms with van der Waals surface area (Å²) in [5.74, 6) is -3.26. The Morgan fingerprint density at radius 2 is 1.85 bits per heavy atom. The van der Waals surface area contributed by atoms with Crippen LogP contribution in [0.5, 0.6) is 0 Å². The molecule has 0 aliphatic rings. The molecule has 0 fully saturated rings. The summed E-state index contributed by atoms with van der Waals surface area (Å²) >= 11 is 0. The standard InChI is InChI=1S/C12H14FNO5S/c1-12(2,20(3,18)19)11(17)14-7-4-5-9(13)8(6-7)10(15)16/h4-6H,1-3H3,(H,14,17)(H,15,16). The third-order valence-electron chi connectivity index (χ3n) is 2.93. The zero-order valence-corrected chi connectivity index (χ0v) is 11.9. The van der Waals surface area contributed by atoms with Crippen molar-refractivity contribution in [2.24, 2.45) is 0 Å². The summed E-state index contributed by atoms with van der Waals surface area (Å²) in [6.07, 6.45) is 0.917. The van der Waals surface area contributed by atoms with Crippen molar-refractivity contribution in [1.82, 2.24) is 0 Å². The van der Waals surface area contributed by atoms with Gasteiger partial charge in [0.15, 0.2) is 9.84 Å². The lowest BCUT2D eigenvalue weighted by atomic mass is 10.1. The Morgan fingerprint density at radius 1 is 1.30 bits per heavy atom. The molecule has 110 valence electrons. The van der Waals surface area contributed by atoms with E-state index in [4.69, 9.17) is 5.11 Å². The zero-order chi connectivity index (χ0) is 15.7. The number of aromatic carboxylic acids is 1. The number of sulfone groups is 1. The Bertz CT molecular complexity index is 666. The van der Waals surface area contributed by atoms with Gasteiger partial charge in [0, 0.05) is 11.9 Å². The van der Waals surface area contributed by atoms with Gasteiger partial charge in [0.05, 0.1) is 5.56 Å². The monoisotopic (exact) mass is 303 g/mol. The maximum atomic E-state index is 13.2. The SMILES string of the molecule is CC(C)(C(=O)Nc1ccc(F)c(C(=O)O)c1)S(C)(=O)=O. The van der Waals surface area contributed by atoms with Crippen molar-refractivity contribution >= 4 is 27.4 Å². The zero-order valence-electron chi connectivity index (χ0n) is 11.1. The smallest absolute Gasteiger partial charge is 0.338 e. The molecule has 8 heteroatoms. The van der Waals surface area contributed by atoms with Gasteiger partial charge in [-0.1, -0.05) is 0 Å². The molecule has 0 saturated carbocycles. The maximum absolute atomic E-state index is 13.2. The molecule has 0 aromatic heterocycles. The van der Waals surface area contributed by atoms with Crippen LogP contribution in [-0.4, -0.2) is 36.4 Å². The van der Waals surface area contributed by atoms with E-state index in [0.717, 1.165) is 24.5 Å². The minimum absolute atomic E-state index is 0.00512. The number of hydrogen-bond donors (Lipinski definition) is 2. The molecule has 1 aromatic rings. The molecule has 0 unspecified atom stereocenters. The summed E-state index contributed by atoms with van der Waals surface area (Å²) < 4.78 is 34.5. The fraction of sp³-hybridized carbons (Fsp3) is 0.333. The van der Waals surface area contributed by atoms with Crippen molar-refractivity contribution in [3.63, 3.8) is 0 Å². The molecule has 1 aromatic carbocycles. The summed E-state index contributed by atoms with van der Waals surface area (Å²) in [6, 6.07) is 2.96. The molecule has 0 heterocycles. The highest BCUT2D eigenvalue weighted by molar-refractivity contribution is 7.92. The van der Waals surface area contributed by atoms with Crippen molar-refractivity contribution in [3.8, 4) is 0 Å². The number of carbonyl (C=O) groups excluding carboxylic acids is 1. The number of carboxylic acid groups (broad SMARTS) is 1. The number of carbonyl (C=O) groups is 2. The topological polar surface area (TPSA) is 101 Å². The van der Waals surface area contributed by atoms with Crippen molar-refractivity contribution in [2.45, 2.75) is 18.6 Å². The van der Waals surface area contributed by atoms with E-state index < -0.39 is 37.8 Å². The third-order valence-corrected chi connectivity index (χ3v) is 4.97. The second-order valence-electron chi connectivity index (χ2n) is 4.74. The van der Waals surface area contributed by atoms with Crippen LogP contribution in [0.3, 0.4) is 0 Å².